The van der Waals surface area contributed by atoms with Crippen LogP contribution in [0.5, 0.6) is 0 Å². The molecule has 1 aliphatic heterocycles. The average molecular weight is 424 g/mol. The molecule has 7 heteroatoms. The predicted molar refractivity (Wildman–Crippen MR) is 119 cm³/mol. The third-order valence-corrected chi connectivity index (χ3v) is 6.29. The smallest absolute Gasteiger partial charge is 0.291 e. The van der Waals surface area contributed by atoms with Gasteiger partial charge in [0.25, 0.3) is 5.24 Å². The van der Waals surface area contributed by atoms with Crippen LogP contribution in [0.3, 0.4) is 0 Å². The van der Waals surface area contributed by atoms with Crippen LogP contribution >= 0.6 is 35.9 Å². The Labute approximate surface area is 176 Å². The summed E-state index contributed by atoms with van der Waals surface area (Å²) in [5.41, 5.74) is 0.922. The number of amides is 1. The molecule has 2 heterocycles. The van der Waals surface area contributed by atoms with E-state index in [1.54, 1.807) is 22.9 Å². The van der Waals surface area contributed by atoms with Gasteiger partial charge in [-0.25, -0.2) is 4.98 Å². The first kappa shape index (κ1) is 22.1. The van der Waals surface area contributed by atoms with Crippen LogP contribution in [0, 0.1) is 0 Å². The number of pyridine rings is 1. The van der Waals surface area contributed by atoms with Gasteiger partial charge in [0, 0.05) is 35.5 Å². The van der Waals surface area contributed by atoms with Crippen molar-refractivity contribution >= 4 is 52.7 Å². The molecule has 1 aromatic heterocycles. The summed E-state index contributed by atoms with van der Waals surface area (Å²) in [6, 6.07) is 12.9. The third kappa shape index (κ3) is 4.99. The molecule has 2 aromatic rings. The summed E-state index contributed by atoms with van der Waals surface area (Å²) < 4.78 is 0. The number of para-hydroxylation sites is 1. The minimum absolute atomic E-state index is 0. The summed E-state index contributed by atoms with van der Waals surface area (Å²) in [6.45, 7) is 9.69. The second-order valence-corrected chi connectivity index (χ2v) is 8.90. The van der Waals surface area contributed by atoms with E-state index in [4.69, 9.17) is 0 Å². The Morgan fingerprint density at radius 3 is 2.48 bits per heavy atom. The van der Waals surface area contributed by atoms with Gasteiger partial charge in [-0.15, -0.1) is 12.4 Å². The number of hydrogen-bond acceptors (Lipinski definition) is 5. The molecule has 0 atom stereocenters. The summed E-state index contributed by atoms with van der Waals surface area (Å²) in [5.74, 6) is 1.50. The van der Waals surface area contributed by atoms with E-state index < -0.39 is 0 Å². The van der Waals surface area contributed by atoms with Crippen molar-refractivity contribution in [2.24, 2.45) is 0 Å². The summed E-state index contributed by atoms with van der Waals surface area (Å²) in [4.78, 5) is 23.8. The number of carbonyl (C=O) groups is 1. The SMILES string of the molecule is CC(C)N(CCSC(=O)N1c2ccccc2Sc2cccnc21)C(C)C.Cl. The van der Waals surface area contributed by atoms with Crippen molar-refractivity contribution in [3.63, 3.8) is 0 Å². The summed E-state index contributed by atoms with van der Waals surface area (Å²) in [6.07, 6.45) is 1.75. The van der Waals surface area contributed by atoms with E-state index in [9.17, 15) is 4.79 Å². The van der Waals surface area contributed by atoms with E-state index >= 15 is 0 Å². The number of fused-ring (bicyclic) bond motifs is 2. The number of carbonyl (C=O) groups excluding carboxylic acids is 1. The van der Waals surface area contributed by atoms with Crippen molar-refractivity contribution in [2.75, 3.05) is 17.2 Å². The van der Waals surface area contributed by atoms with Gasteiger partial charge in [-0.2, -0.15) is 0 Å². The van der Waals surface area contributed by atoms with E-state index in [1.807, 2.05) is 30.3 Å². The standard InChI is InChI=1S/C20H25N3OS2.ClH/c1-14(2)22(15(3)4)12-13-25-20(24)23-16-8-5-6-9-17(16)26-18-10-7-11-21-19(18)23;/h5-11,14-15H,12-13H2,1-4H3;1H. The maximum atomic E-state index is 13.1. The Hall–Kier alpha value is -1.21. The Morgan fingerprint density at radius 1 is 1.11 bits per heavy atom. The second-order valence-electron chi connectivity index (χ2n) is 6.77. The topological polar surface area (TPSA) is 36.4 Å². The second kappa shape index (κ2) is 9.82. The molecular weight excluding hydrogens is 398 g/mol. The number of anilines is 2. The first-order chi connectivity index (χ1) is 12.5. The van der Waals surface area contributed by atoms with Gasteiger partial charge in [0.15, 0.2) is 5.82 Å². The molecule has 1 aliphatic rings. The zero-order valence-corrected chi connectivity index (χ0v) is 18.5. The molecule has 4 nitrogen and oxygen atoms in total. The number of halogens is 1. The fraction of sp³-hybridized carbons (Fsp3) is 0.400. The Morgan fingerprint density at radius 2 is 1.78 bits per heavy atom. The van der Waals surface area contributed by atoms with Crippen LogP contribution in [0.4, 0.5) is 16.3 Å². The number of hydrogen-bond donors (Lipinski definition) is 0. The fourth-order valence-corrected chi connectivity index (χ4v) is 5.01. The van der Waals surface area contributed by atoms with Crippen molar-refractivity contribution in [2.45, 2.75) is 49.6 Å². The molecule has 0 spiro atoms. The molecule has 27 heavy (non-hydrogen) atoms. The minimum atomic E-state index is 0. The zero-order valence-electron chi connectivity index (χ0n) is 16.1. The fourth-order valence-electron chi connectivity index (χ4n) is 3.19. The molecule has 3 rings (SSSR count). The lowest BCUT2D eigenvalue weighted by Gasteiger charge is -2.31. The van der Waals surface area contributed by atoms with E-state index in [2.05, 4.69) is 43.6 Å². The van der Waals surface area contributed by atoms with Crippen LogP contribution < -0.4 is 4.90 Å². The van der Waals surface area contributed by atoms with Crippen LogP contribution in [0.15, 0.2) is 52.4 Å². The van der Waals surface area contributed by atoms with E-state index in [-0.39, 0.29) is 17.6 Å². The Kier molecular flexibility index (Phi) is 8.04. The van der Waals surface area contributed by atoms with Crippen LogP contribution in [0.2, 0.25) is 0 Å². The minimum Gasteiger partial charge on any atom is -0.298 e. The molecular formula is C20H26ClN3OS2. The highest BCUT2D eigenvalue weighted by atomic mass is 35.5. The lowest BCUT2D eigenvalue weighted by Crippen LogP contribution is -2.39. The number of nitrogens with zero attached hydrogens (tertiary/aromatic N) is 3. The maximum absolute atomic E-state index is 13.1. The van der Waals surface area contributed by atoms with Gasteiger partial charge >= 0.3 is 0 Å². The average Bonchev–Trinajstić information content (AvgIpc) is 2.62. The van der Waals surface area contributed by atoms with Gasteiger partial charge < -0.3 is 0 Å². The Balaban J connectivity index is 0.00000261. The molecule has 146 valence electrons. The number of rotatable bonds is 5. The van der Waals surface area contributed by atoms with Crippen molar-refractivity contribution in [3.05, 3.63) is 42.6 Å². The molecule has 0 N–H and O–H groups in total. The molecule has 1 aromatic carbocycles. The van der Waals surface area contributed by atoms with Gasteiger partial charge in [0.2, 0.25) is 0 Å². The van der Waals surface area contributed by atoms with Crippen molar-refractivity contribution in [1.82, 2.24) is 9.88 Å². The van der Waals surface area contributed by atoms with E-state index in [0.717, 1.165) is 33.6 Å². The summed E-state index contributed by atoms with van der Waals surface area (Å²) in [5, 5.41) is 0.0326. The zero-order chi connectivity index (χ0) is 18.7. The number of thioether (sulfide) groups is 1. The molecule has 0 aliphatic carbocycles. The lowest BCUT2D eigenvalue weighted by molar-refractivity contribution is 0.187. The van der Waals surface area contributed by atoms with Gasteiger partial charge in [-0.3, -0.25) is 14.6 Å². The molecule has 0 fully saturated rings. The Bertz CT molecular complexity index is 732. The quantitative estimate of drug-likeness (QED) is 0.582. The predicted octanol–water partition coefficient (Wildman–Crippen LogP) is 6.08. The highest BCUT2D eigenvalue weighted by molar-refractivity contribution is 8.14. The molecule has 0 radical (unpaired) electrons. The van der Waals surface area contributed by atoms with Gasteiger partial charge in [-0.05, 0) is 52.0 Å². The number of benzene rings is 1. The first-order valence-corrected chi connectivity index (χ1v) is 10.7. The highest BCUT2D eigenvalue weighted by Crippen LogP contribution is 2.47. The van der Waals surface area contributed by atoms with Crippen molar-refractivity contribution < 1.29 is 4.79 Å². The molecule has 0 saturated heterocycles. The molecule has 1 amide bonds. The van der Waals surface area contributed by atoms with Gasteiger partial charge in [-0.1, -0.05) is 35.7 Å². The van der Waals surface area contributed by atoms with Gasteiger partial charge in [0.1, 0.15) is 0 Å². The monoisotopic (exact) mass is 423 g/mol. The van der Waals surface area contributed by atoms with Crippen LogP contribution in [0.25, 0.3) is 0 Å². The number of aromatic nitrogens is 1. The van der Waals surface area contributed by atoms with E-state index in [0.29, 0.717) is 12.1 Å². The van der Waals surface area contributed by atoms with Crippen LogP contribution in [-0.4, -0.2) is 39.5 Å². The first-order valence-electron chi connectivity index (χ1n) is 8.93. The molecule has 0 unspecified atom stereocenters. The highest BCUT2D eigenvalue weighted by Gasteiger charge is 2.29. The van der Waals surface area contributed by atoms with Gasteiger partial charge in [0.05, 0.1) is 10.6 Å². The summed E-state index contributed by atoms with van der Waals surface area (Å²) >= 11 is 3.04. The largest absolute Gasteiger partial charge is 0.298 e. The third-order valence-electron chi connectivity index (χ3n) is 4.37. The van der Waals surface area contributed by atoms with E-state index in [1.165, 1.54) is 11.8 Å². The molecule has 0 saturated carbocycles. The van der Waals surface area contributed by atoms with Crippen LogP contribution in [-0.2, 0) is 0 Å². The molecule has 0 bridgehead atoms. The van der Waals surface area contributed by atoms with Crippen molar-refractivity contribution in [3.8, 4) is 0 Å². The maximum Gasteiger partial charge on any atom is 0.291 e. The normalized spacial score (nSPS) is 12.8. The van der Waals surface area contributed by atoms with Crippen molar-refractivity contribution in [1.29, 1.82) is 0 Å². The lowest BCUT2D eigenvalue weighted by atomic mass is 10.2. The van der Waals surface area contributed by atoms with Crippen LogP contribution in [0.1, 0.15) is 27.7 Å². The summed E-state index contributed by atoms with van der Waals surface area (Å²) in [7, 11) is 0.